The second-order valence-electron chi connectivity index (χ2n) is 8.73. The topological polar surface area (TPSA) is 73.7 Å². The fraction of sp³-hybridized carbons (Fsp3) is 0.360. The Labute approximate surface area is 216 Å². The van der Waals surface area contributed by atoms with E-state index >= 15 is 0 Å². The van der Waals surface area contributed by atoms with Crippen molar-refractivity contribution in [3.8, 4) is 0 Å². The molecule has 0 bridgehead atoms. The zero-order valence-electron chi connectivity index (χ0n) is 19.8. The third kappa shape index (κ3) is 4.94. The summed E-state index contributed by atoms with van der Waals surface area (Å²) in [5.41, 5.74) is 1.05. The third-order valence-electron chi connectivity index (χ3n) is 6.24. The zero-order valence-corrected chi connectivity index (χ0v) is 21.4. The molecule has 1 saturated heterocycles. The van der Waals surface area contributed by atoms with Crippen LogP contribution >= 0.6 is 23.1 Å². The van der Waals surface area contributed by atoms with Crippen LogP contribution < -0.4 is 10.3 Å². The molecule has 0 aliphatic carbocycles. The Hall–Kier alpha value is -3.05. The van der Waals surface area contributed by atoms with Crippen LogP contribution in [0.1, 0.15) is 41.8 Å². The summed E-state index contributed by atoms with van der Waals surface area (Å²) in [5, 5.41) is 19.8. The van der Waals surface area contributed by atoms with E-state index in [1.807, 2.05) is 42.2 Å². The van der Waals surface area contributed by atoms with Gasteiger partial charge in [-0.3, -0.25) is 0 Å². The van der Waals surface area contributed by atoms with E-state index in [1.165, 1.54) is 29.2 Å². The number of carbonyl (C=O) groups is 1. The minimum Gasteiger partial charge on any atom is -0.338 e. The van der Waals surface area contributed by atoms with E-state index in [0.717, 1.165) is 48.6 Å². The lowest BCUT2D eigenvalue weighted by molar-refractivity contribution is 0.208. The number of hydrogen-bond donors (Lipinski definition) is 1. The number of urea groups is 1. The summed E-state index contributed by atoms with van der Waals surface area (Å²) in [6.07, 6.45) is 3.29. The molecule has 1 unspecified atom stereocenters. The van der Waals surface area contributed by atoms with Crippen LogP contribution in [0.3, 0.4) is 0 Å². The van der Waals surface area contributed by atoms with Crippen LogP contribution in [-0.2, 0) is 4.87 Å². The molecule has 1 atom stereocenters. The van der Waals surface area contributed by atoms with Crippen molar-refractivity contribution in [3.05, 3.63) is 76.3 Å². The smallest absolute Gasteiger partial charge is 0.317 e. The fourth-order valence-corrected chi connectivity index (χ4v) is 6.66. The van der Waals surface area contributed by atoms with E-state index in [0.29, 0.717) is 29.6 Å². The highest BCUT2D eigenvalue weighted by Gasteiger charge is 2.47. The Kier molecular flexibility index (Phi) is 7.20. The van der Waals surface area contributed by atoms with Gasteiger partial charge < -0.3 is 10.2 Å². The van der Waals surface area contributed by atoms with Crippen LogP contribution in [0.25, 0.3) is 0 Å². The molecule has 36 heavy (non-hydrogen) atoms. The monoisotopic (exact) mass is 528 g/mol. The second-order valence-corrected chi connectivity index (χ2v) is 11.2. The van der Waals surface area contributed by atoms with Gasteiger partial charge in [-0.25, -0.2) is 18.6 Å². The number of carbonyl (C=O) groups excluding carboxylic acids is 1. The maximum Gasteiger partial charge on any atom is 0.317 e. The Morgan fingerprint density at radius 2 is 1.89 bits per heavy atom. The van der Waals surface area contributed by atoms with Gasteiger partial charge in [0.2, 0.25) is 5.13 Å². The van der Waals surface area contributed by atoms with E-state index in [9.17, 15) is 13.6 Å². The van der Waals surface area contributed by atoms with Gasteiger partial charge in [0, 0.05) is 25.2 Å². The molecule has 0 saturated carbocycles. The minimum atomic E-state index is -0.778. The first-order chi connectivity index (χ1) is 17.5. The standard InChI is InChI=1S/C25H26F2N6OS2/c1-17-29-30-24(35-17)33-25(18-8-3-2-4-9-18,12-7-13-28-23(34)32-14-5-6-15-32)36-22(31-33)20-16-19(26)10-11-21(20)27/h2-4,8-11,16H,5-7,12-15H2,1H3,(H,28,34). The number of rotatable bonds is 7. The number of aromatic nitrogens is 2. The lowest BCUT2D eigenvalue weighted by Crippen LogP contribution is -2.40. The van der Waals surface area contributed by atoms with Gasteiger partial charge in [-0.2, -0.15) is 5.10 Å². The quantitative estimate of drug-likeness (QED) is 0.411. The fourth-order valence-electron chi connectivity index (χ4n) is 4.47. The van der Waals surface area contributed by atoms with Crippen LogP contribution in [-0.4, -0.2) is 45.8 Å². The zero-order chi connectivity index (χ0) is 25.1. The highest BCUT2D eigenvalue weighted by Crippen LogP contribution is 2.52. The summed E-state index contributed by atoms with van der Waals surface area (Å²) < 4.78 is 28.9. The van der Waals surface area contributed by atoms with Crippen molar-refractivity contribution in [1.29, 1.82) is 0 Å². The van der Waals surface area contributed by atoms with Crippen molar-refractivity contribution in [2.45, 2.75) is 37.5 Å². The average Bonchev–Trinajstić information content (AvgIpc) is 3.64. The number of amides is 2. The maximum atomic E-state index is 14.8. The molecule has 3 aromatic rings. The van der Waals surface area contributed by atoms with Gasteiger partial charge in [0.1, 0.15) is 26.6 Å². The van der Waals surface area contributed by atoms with Gasteiger partial charge in [0.05, 0.1) is 0 Å². The molecule has 188 valence electrons. The number of nitrogens with one attached hydrogen (secondary N) is 1. The minimum absolute atomic E-state index is 0.0456. The third-order valence-corrected chi connectivity index (χ3v) is 8.50. The Bertz CT molecular complexity index is 1260. The number of halogens is 2. The first kappa shape index (κ1) is 24.6. The highest BCUT2D eigenvalue weighted by atomic mass is 32.2. The summed E-state index contributed by atoms with van der Waals surface area (Å²) in [6, 6.07) is 13.1. The summed E-state index contributed by atoms with van der Waals surface area (Å²) in [7, 11) is 0. The SMILES string of the molecule is Cc1nnc(N2N=C(c3cc(F)ccc3F)SC2(CCCNC(=O)N2CCCC2)c2ccccc2)s1. The number of nitrogens with zero attached hydrogens (tertiary/aromatic N) is 5. The van der Waals surface area contributed by atoms with Gasteiger partial charge in [0.25, 0.3) is 0 Å². The lowest BCUT2D eigenvalue weighted by atomic mass is 10.0. The predicted octanol–water partition coefficient (Wildman–Crippen LogP) is 5.48. The number of hydrogen-bond acceptors (Lipinski definition) is 7. The first-order valence-corrected chi connectivity index (χ1v) is 13.5. The van der Waals surface area contributed by atoms with E-state index in [1.54, 1.807) is 5.01 Å². The molecule has 0 spiro atoms. The average molecular weight is 529 g/mol. The molecule has 7 nitrogen and oxygen atoms in total. The van der Waals surface area contributed by atoms with Gasteiger partial charge >= 0.3 is 6.03 Å². The molecule has 0 radical (unpaired) electrons. The van der Waals surface area contributed by atoms with Crippen molar-refractivity contribution in [2.75, 3.05) is 24.6 Å². The summed E-state index contributed by atoms with van der Waals surface area (Å²) in [5.74, 6) is -1.08. The number of hydrazone groups is 1. The van der Waals surface area contributed by atoms with Crippen molar-refractivity contribution in [1.82, 2.24) is 20.4 Å². The van der Waals surface area contributed by atoms with Crippen LogP contribution in [0.4, 0.5) is 18.7 Å². The summed E-state index contributed by atoms with van der Waals surface area (Å²) in [6.45, 7) is 3.92. The maximum absolute atomic E-state index is 14.8. The molecule has 2 aromatic carbocycles. The number of thioether (sulfide) groups is 1. The van der Waals surface area contributed by atoms with Crippen LogP contribution in [0.15, 0.2) is 53.6 Å². The molecule has 1 fully saturated rings. The molecule has 2 aliphatic heterocycles. The Morgan fingerprint density at radius 3 is 2.61 bits per heavy atom. The normalized spacial score (nSPS) is 19.6. The molecular formula is C25H26F2N6OS2. The molecule has 1 aromatic heterocycles. The summed E-state index contributed by atoms with van der Waals surface area (Å²) >= 11 is 2.76. The number of benzene rings is 2. The van der Waals surface area contributed by atoms with Crippen molar-refractivity contribution in [3.63, 3.8) is 0 Å². The first-order valence-electron chi connectivity index (χ1n) is 11.9. The van der Waals surface area contributed by atoms with Crippen LogP contribution in [0, 0.1) is 18.6 Å². The summed E-state index contributed by atoms with van der Waals surface area (Å²) in [4.78, 5) is 13.5. The van der Waals surface area contributed by atoms with E-state index in [-0.39, 0.29) is 11.6 Å². The van der Waals surface area contributed by atoms with Crippen molar-refractivity contribution >= 4 is 39.3 Å². The molecule has 5 rings (SSSR count). The Balaban J connectivity index is 1.47. The molecule has 11 heteroatoms. The predicted molar refractivity (Wildman–Crippen MR) is 139 cm³/mol. The Morgan fingerprint density at radius 1 is 1.11 bits per heavy atom. The highest BCUT2D eigenvalue weighted by molar-refractivity contribution is 8.15. The number of anilines is 1. The molecular weight excluding hydrogens is 502 g/mol. The lowest BCUT2D eigenvalue weighted by Gasteiger charge is -2.35. The van der Waals surface area contributed by atoms with E-state index in [2.05, 4.69) is 15.5 Å². The molecule has 2 aliphatic rings. The van der Waals surface area contributed by atoms with E-state index in [4.69, 9.17) is 5.10 Å². The van der Waals surface area contributed by atoms with Gasteiger partial charge in [-0.1, -0.05) is 53.4 Å². The number of aryl methyl sites for hydroxylation is 1. The van der Waals surface area contributed by atoms with Gasteiger partial charge in [-0.15, -0.1) is 10.2 Å². The largest absolute Gasteiger partial charge is 0.338 e. The van der Waals surface area contributed by atoms with Crippen LogP contribution in [0.5, 0.6) is 0 Å². The second kappa shape index (κ2) is 10.5. The van der Waals surface area contributed by atoms with Gasteiger partial charge in [-0.05, 0) is 56.4 Å². The molecule has 1 N–H and O–H groups in total. The molecule has 3 heterocycles. The van der Waals surface area contributed by atoms with E-state index < -0.39 is 16.5 Å². The van der Waals surface area contributed by atoms with Crippen molar-refractivity contribution < 1.29 is 13.6 Å². The van der Waals surface area contributed by atoms with Crippen molar-refractivity contribution in [2.24, 2.45) is 5.10 Å². The molecule has 2 amide bonds. The van der Waals surface area contributed by atoms with Gasteiger partial charge in [0.15, 0.2) is 0 Å². The number of likely N-dealkylation sites (tertiary alicyclic amines) is 1. The van der Waals surface area contributed by atoms with Crippen LogP contribution in [0.2, 0.25) is 0 Å².